The van der Waals surface area contributed by atoms with Crippen molar-refractivity contribution >= 4 is 17.6 Å². The normalized spacial score (nSPS) is 20.2. The molecule has 0 bridgehead atoms. The molecule has 6 heteroatoms. The van der Waals surface area contributed by atoms with Crippen molar-refractivity contribution in [3.63, 3.8) is 0 Å². The first-order chi connectivity index (χ1) is 10.7. The van der Waals surface area contributed by atoms with Crippen LogP contribution in [0.1, 0.15) is 57.4 Å². The zero-order valence-corrected chi connectivity index (χ0v) is 13.0. The number of carbonyl (C=O) groups excluding carboxylic acids is 2. The van der Waals surface area contributed by atoms with Gasteiger partial charge in [0.05, 0.1) is 18.8 Å². The number of carbonyl (C=O) groups is 2. The van der Waals surface area contributed by atoms with Gasteiger partial charge in [-0.1, -0.05) is 19.3 Å². The molecule has 2 fully saturated rings. The second kappa shape index (κ2) is 6.94. The summed E-state index contributed by atoms with van der Waals surface area (Å²) in [7, 11) is 0. The average Bonchev–Trinajstić information content (AvgIpc) is 3.12. The number of nitrogens with zero attached hydrogens (tertiary/aromatic N) is 3. The molecule has 0 radical (unpaired) electrons. The summed E-state index contributed by atoms with van der Waals surface area (Å²) in [6.45, 7) is 0.836. The van der Waals surface area contributed by atoms with Gasteiger partial charge < -0.3 is 10.2 Å². The molecule has 6 nitrogen and oxygen atoms in total. The molecule has 1 saturated heterocycles. The van der Waals surface area contributed by atoms with E-state index in [2.05, 4.69) is 10.4 Å². The molecule has 1 aromatic heterocycles. The number of rotatable bonds is 4. The predicted octanol–water partition coefficient (Wildman–Crippen LogP) is 2.34. The maximum atomic E-state index is 12.3. The van der Waals surface area contributed by atoms with Gasteiger partial charge in [0.15, 0.2) is 0 Å². The van der Waals surface area contributed by atoms with Crippen LogP contribution in [0, 0.1) is 0 Å². The van der Waals surface area contributed by atoms with Crippen molar-refractivity contribution < 1.29 is 9.59 Å². The van der Waals surface area contributed by atoms with E-state index in [1.54, 1.807) is 11.1 Å². The largest absolute Gasteiger partial charge is 0.333 e. The van der Waals surface area contributed by atoms with Crippen LogP contribution in [0.2, 0.25) is 0 Å². The average molecular weight is 304 g/mol. The standard InChI is InChI=1S/C16H24N4O2/c21-15(12-19-11-5-1-2-8-16(19)22)18-14-9-10-17-20(14)13-6-3-4-7-13/h9-10,13H,1-8,11-12H2,(H,18,21). The molecule has 1 saturated carbocycles. The van der Waals surface area contributed by atoms with Crippen molar-refractivity contribution in [3.8, 4) is 0 Å². The molecule has 0 unspecified atom stereocenters. The highest BCUT2D eigenvalue weighted by atomic mass is 16.2. The molecule has 1 aliphatic heterocycles. The van der Waals surface area contributed by atoms with E-state index >= 15 is 0 Å². The lowest BCUT2D eigenvalue weighted by atomic mass is 10.2. The van der Waals surface area contributed by atoms with Crippen molar-refractivity contribution in [2.75, 3.05) is 18.4 Å². The van der Waals surface area contributed by atoms with Crippen LogP contribution in [-0.4, -0.2) is 39.6 Å². The topological polar surface area (TPSA) is 67.2 Å². The molecule has 0 spiro atoms. The Balaban J connectivity index is 1.59. The molecule has 3 rings (SSSR count). The fourth-order valence-electron chi connectivity index (χ4n) is 3.41. The fourth-order valence-corrected chi connectivity index (χ4v) is 3.41. The van der Waals surface area contributed by atoms with Gasteiger partial charge in [-0.25, -0.2) is 4.68 Å². The van der Waals surface area contributed by atoms with Crippen molar-refractivity contribution in [1.82, 2.24) is 14.7 Å². The lowest BCUT2D eigenvalue weighted by Crippen LogP contribution is -2.37. The molecule has 2 amide bonds. The van der Waals surface area contributed by atoms with E-state index in [9.17, 15) is 9.59 Å². The third-order valence-electron chi connectivity index (χ3n) is 4.61. The SMILES string of the molecule is O=C(CN1CCCCCC1=O)Nc1ccnn1C1CCCC1. The van der Waals surface area contributed by atoms with Crippen LogP contribution in [-0.2, 0) is 9.59 Å². The summed E-state index contributed by atoms with van der Waals surface area (Å²) in [6.07, 6.45) is 9.96. The molecule has 22 heavy (non-hydrogen) atoms. The minimum absolute atomic E-state index is 0.0944. The van der Waals surface area contributed by atoms with Crippen LogP contribution in [0.3, 0.4) is 0 Å². The van der Waals surface area contributed by atoms with E-state index in [0.29, 0.717) is 19.0 Å². The maximum Gasteiger partial charge on any atom is 0.245 e. The number of aromatic nitrogens is 2. The molecule has 1 N–H and O–H groups in total. The second-order valence-electron chi connectivity index (χ2n) is 6.27. The Kier molecular flexibility index (Phi) is 4.75. The first-order valence-electron chi connectivity index (χ1n) is 8.35. The van der Waals surface area contributed by atoms with Gasteiger partial charge in [0.1, 0.15) is 5.82 Å². The van der Waals surface area contributed by atoms with Crippen LogP contribution in [0.5, 0.6) is 0 Å². The second-order valence-corrected chi connectivity index (χ2v) is 6.27. The summed E-state index contributed by atoms with van der Waals surface area (Å²) in [5.41, 5.74) is 0. The number of hydrogen-bond acceptors (Lipinski definition) is 3. The van der Waals surface area contributed by atoms with Gasteiger partial charge >= 0.3 is 0 Å². The minimum atomic E-state index is -0.130. The Bertz CT molecular complexity index is 534. The maximum absolute atomic E-state index is 12.3. The van der Waals surface area contributed by atoms with Crippen molar-refractivity contribution in [2.24, 2.45) is 0 Å². The van der Waals surface area contributed by atoms with Gasteiger partial charge in [0.2, 0.25) is 11.8 Å². The van der Waals surface area contributed by atoms with E-state index in [4.69, 9.17) is 0 Å². The van der Waals surface area contributed by atoms with Crippen LogP contribution in [0.4, 0.5) is 5.82 Å². The molecule has 0 aromatic carbocycles. The minimum Gasteiger partial charge on any atom is -0.333 e. The molecule has 1 aromatic rings. The Morgan fingerprint density at radius 3 is 2.86 bits per heavy atom. The van der Waals surface area contributed by atoms with Crippen LogP contribution in [0.25, 0.3) is 0 Å². The Labute approximate surface area is 130 Å². The smallest absolute Gasteiger partial charge is 0.245 e. The fraction of sp³-hybridized carbons (Fsp3) is 0.688. The third kappa shape index (κ3) is 3.48. The van der Waals surface area contributed by atoms with Gasteiger partial charge in [-0.15, -0.1) is 0 Å². The lowest BCUT2D eigenvalue weighted by molar-refractivity contribution is -0.134. The van der Waals surface area contributed by atoms with Crippen LogP contribution >= 0.6 is 0 Å². The highest BCUT2D eigenvalue weighted by Gasteiger charge is 2.22. The van der Waals surface area contributed by atoms with Gasteiger partial charge in [0.25, 0.3) is 0 Å². The summed E-state index contributed by atoms with van der Waals surface area (Å²) in [6, 6.07) is 2.23. The van der Waals surface area contributed by atoms with E-state index in [0.717, 1.165) is 37.9 Å². The van der Waals surface area contributed by atoms with Crippen LogP contribution < -0.4 is 5.32 Å². The molecular formula is C16H24N4O2. The molecule has 2 aliphatic rings. The zero-order valence-electron chi connectivity index (χ0n) is 13.0. The number of hydrogen-bond donors (Lipinski definition) is 1. The summed E-state index contributed by atoms with van der Waals surface area (Å²) < 4.78 is 1.93. The van der Waals surface area contributed by atoms with Crippen LogP contribution in [0.15, 0.2) is 12.3 Å². The summed E-state index contributed by atoms with van der Waals surface area (Å²) in [5.74, 6) is 0.714. The quantitative estimate of drug-likeness (QED) is 0.928. The monoisotopic (exact) mass is 304 g/mol. The Morgan fingerprint density at radius 2 is 2.05 bits per heavy atom. The van der Waals surface area contributed by atoms with Crippen molar-refractivity contribution in [3.05, 3.63) is 12.3 Å². The van der Waals surface area contributed by atoms with Gasteiger partial charge in [-0.2, -0.15) is 5.10 Å². The van der Waals surface area contributed by atoms with Gasteiger partial charge in [0, 0.05) is 19.0 Å². The Morgan fingerprint density at radius 1 is 1.23 bits per heavy atom. The van der Waals surface area contributed by atoms with E-state index in [-0.39, 0.29) is 18.4 Å². The van der Waals surface area contributed by atoms with E-state index < -0.39 is 0 Å². The lowest BCUT2D eigenvalue weighted by Gasteiger charge is -2.20. The number of nitrogens with one attached hydrogen (secondary N) is 1. The summed E-state index contributed by atoms with van der Waals surface area (Å²) in [4.78, 5) is 25.9. The summed E-state index contributed by atoms with van der Waals surface area (Å²) >= 11 is 0. The first kappa shape index (κ1) is 15.1. The predicted molar refractivity (Wildman–Crippen MR) is 83.4 cm³/mol. The first-order valence-corrected chi connectivity index (χ1v) is 8.35. The number of anilines is 1. The molecule has 120 valence electrons. The van der Waals surface area contributed by atoms with Crippen molar-refractivity contribution in [1.29, 1.82) is 0 Å². The zero-order chi connectivity index (χ0) is 15.4. The van der Waals surface area contributed by atoms with E-state index in [1.165, 1.54) is 12.8 Å². The highest BCUT2D eigenvalue weighted by Crippen LogP contribution is 2.31. The Hall–Kier alpha value is -1.85. The molecule has 0 atom stereocenters. The molecule has 1 aliphatic carbocycles. The van der Waals surface area contributed by atoms with Gasteiger partial charge in [-0.05, 0) is 25.7 Å². The third-order valence-corrected chi connectivity index (χ3v) is 4.61. The van der Waals surface area contributed by atoms with Crippen molar-refractivity contribution in [2.45, 2.75) is 57.4 Å². The highest BCUT2D eigenvalue weighted by molar-refractivity contribution is 5.93. The number of amides is 2. The summed E-state index contributed by atoms with van der Waals surface area (Å²) in [5, 5.41) is 7.27. The number of likely N-dealkylation sites (tertiary alicyclic amines) is 1. The molecule has 2 heterocycles. The van der Waals surface area contributed by atoms with Gasteiger partial charge in [-0.3, -0.25) is 9.59 Å². The molecular weight excluding hydrogens is 280 g/mol. The van der Waals surface area contributed by atoms with E-state index in [1.807, 2.05) is 10.7 Å².